The van der Waals surface area contributed by atoms with Crippen molar-refractivity contribution in [2.45, 2.75) is 40.5 Å². The van der Waals surface area contributed by atoms with Crippen LogP contribution in [-0.4, -0.2) is 33.4 Å². The van der Waals surface area contributed by atoms with Gasteiger partial charge >= 0.3 is 0 Å². The number of carbonyl (C=O) groups is 4. The fraction of sp³-hybridized carbons (Fsp3) is 0.200. The molecule has 0 unspecified atom stereocenters. The van der Waals surface area contributed by atoms with Gasteiger partial charge in [0.05, 0.1) is 0 Å². The van der Waals surface area contributed by atoms with Crippen LogP contribution in [0, 0.1) is 11.8 Å². The number of fused-ring (bicyclic) bond motifs is 2. The van der Waals surface area contributed by atoms with Crippen molar-refractivity contribution < 1.29 is 19.2 Å². The lowest BCUT2D eigenvalue weighted by Crippen LogP contribution is -2.42. The lowest BCUT2D eigenvalue weighted by Gasteiger charge is -2.35. The van der Waals surface area contributed by atoms with Gasteiger partial charge in [-0.2, -0.15) is 0 Å². The van der Waals surface area contributed by atoms with Gasteiger partial charge in [-0.1, -0.05) is 62.4 Å². The van der Waals surface area contributed by atoms with E-state index in [0.717, 1.165) is 67.7 Å². The molecule has 46 heavy (non-hydrogen) atoms. The normalized spacial score (nSPS) is 21.5. The maximum atomic E-state index is 14.1. The Kier molecular flexibility index (Phi) is 5.34. The van der Waals surface area contributed by atoms with Crippen LogP contribution in [0.25, 0.3) is 43.1 Å². The van der Waals surface area contributed by atoms with Crippen molar-refractivity contribution in [2.75, 3.05) is 0 Å². The first kappa shape index (κ1) is 27.0. The van der Waals surface area contributed by atoms with Crippen LogP contribution in [0.5, 0.6) is 0 Å². The van der Waals surface area contributed by atoms with Crippen LogP contribution in [0.1, 0.15) is 82.0 Å². The van der Waals surface area contributed by atoms with Gasteiger partial charge in [0, 0.05) is 56.3 Å². The third-order valence-corrected chi connectivity index (χ3v) is 10.6. The molecule has 2 aliphatic carbocycles. The molecule has 0 bridgehead atoms. The Balaban J connectivity index is 1.30. The first-order valence-electron chi connectivity index (χ1n) is 15.9. The quantitative estimate of drug-likeness (QED) is 0.115. The molecule has 0 aromatic heterocycles. The molecule has 0 saturated heterocycles. The van der Waals surface area contributed by atoms with Crippen LogP contribution >= 0.6 is 0 Å². The highest BCUT2D eigenvalue weighted by Crippen LogP contribution is 2.47. The second kappa shape index (κ2) is 9.10. The van der Waals surface area contributed by atoms with Gasteiger partial charge in [0.25, 0.3) is 23.6 Å². The zero-order chi connectivity index (χ0) is 31.8. The highest BCUT2D eigenvalue weighted by atomic mass is 16.2. The van der Waals surface area contributed by atoms with E-state index in [1.165, 1.54) is 9.80 Å². The number of allylic oxidation sites excluding steroid dienone is 8. The lowest BCUT2D eigenvalue weighted by atomic mass is 9.81. The van der Waals surface area contributed by atoms with Crippen LogP contribution < -0.4 is 0 Å². The number of amides is 4. The summed E-state index contributed by atoms with van der Waals surface area (Å²) < 4.78 is 0. The van der Waals surface area contributed by atoms with E-state index in [2.05, 4.69) is 12.2 Å². The molecule has 9 rings (SSSR count). The predicted octanol–water partition coefficient (Wildman–Crippen LogP) is 8.67. The third-order valence-electron chi connectivity index (χ3n) is 10.6. The van der Waals surface area contributed by atoms with Crippen molar-refractivity contribution in [2.24, 2.45) is 11.8 Å². The highest BCUT2D eigenvalue weighted by Gasteiger charge is 2.41. The minimum Gasteiger partial charge on any atom is -0.268 e. The Hall–Kier alpha value is -5.36. The van der Waals surface area contributed by atoms with Gasteiger partial charge in [-0.05, 0) is 94.4 Å². The number of hydrogen-bond donors (Lipinski definition) is 0. The predicted molar refractivity (Wildman–Crippen MR) is 180 cm³/mol. The van der Waals surface area contributed by atoms with Gasteiger partial charge < -0.3 is 0 Å². The van der Waals surface area contributed by atoms with Gasteiger partial charge in [-0.25, -0.2) is 9.80 Å². The summed E-state index contributed by atoms with van der Waals surface area (Å²) in [6.45, 7) is 8.00. The second-order valence-corrected chi connectivity index (χ2v) is 13.2. The summed E-state index contributed by atoms with van der Waals surface area (Å²) in [5.41, 5.74) is 5.39. The fourth-order valence-electron chi connectivity index (χ4n) is 8.57. The molecule has 0 fully saturated rings. The molecule has 0 saturated carbocycles. The number of benzene rings is 5. The van der Waals surface area contributed by atoms with Gasteiger partial charge in [0.15, 0.2) is 0 Å². The zero-order valence-corrected chi connectivity index (χ0v) is 26.0. The average Bonchev–Trinajstić information content (AvgIpc) is 3.04. The van der Waals surface area contributed by atoms with Crippen molar-refractivity contribution in [3.8, 4) is 0 Å². The minimum absolute atomic E-state index is 0.0399. The number of imide groups is 2. The van der Waals surface area contributed by atoms with Crippen LogP contribution in [-0.2, 0) is 0 Å². The molecule has 0 radical (unpaired) electrons. The smallest absolute Gasteiger partial charge is 0.265 e. The fourth-order valence-corrected chi connectivity index (χ4v) is 8.57. The van der Waals surface area contributed by atoms with E-state index in [1.807, 2.05) is 88.4 Å². The first-order valence-corrected chi connectivity index (χ1v) is 15.9. The van der Waals surface area contributed by atoms with Crippen LogP contribution in [0.15, 0.2) is 95.4 Å². The van der Waals surface area contributed by atoms with Gasteiger partial charge in [0.1, 0.15) is 0 Å². The Morgan fingerprint density at radius 3 is 1.07 bits per heavy atom. The Bertz CT molecular complexity index is 2170. The van der Waals surface area contributed by atoms with E-state index >= 15 is 0 Å². The van der Waals surface area contributed by atoms with E-state index in [4.69, 9.17) is 0 Å². The SMILES string of the molecule is CC1=C(N2C(=O)c3ccc4c5ccc6c7c(ccc(c8ccc(c3c48)C2=O)c75)C(=O)N(C2=C(C)C=CC[C@@H]2C)C6=O)[C@H](C)CC=C1. The summed E-state index contributed by atoms with van der Waals surface area (Å²) in [5.74, 6) is -1.14. The number of hydrogen-bond acceptors (Lipinski definition) is 4. The van der Waals surface area contributed by atoms with E-state index in [9.17, 15) is 19.2 Å². The molecule has 2 aliphatic heterocycles. The van der Waals surface area contributed by atoms with Gasteiger partial charge in [-0.15, -0.1) is 0 Å². The summed E-state index contributed by atoms with van der Waals surface area (Å²) in [6, 6.07) is 15.2. The molecule has 2 atom stereocenters. The topological polar surface area (TPSA) is 74.8 Å². The van der Waals surface area contributed by atoms with Crippen LogP contribution in [0.4, 0.5) is 0 Å². The number of nitrogens with zero attached hydrogens (tertiary/aromatic N) is 2. The molecular formula is C40H30N2O4. The molecule has 4 amide bonds. The second-order valence-electron chi connectivity index (χ2n) is 13.2. The average molecular weight is 603 g/mol. The van der Waals surface area contributed by atoms with E-state index in [1.54, 1.807) is 0 Å². The van der Waals surface area contributed by atoms with Crippen molar-refractivity contribution in [3.05, 3.63) is 118 Å². The summed E-state index contributed by atoms with van der Waals surface area (Å²) in [4.78, 5) is 59.3. The monoisotopic (exact) mass is 602 g/mol. The molecule has 0 spiro atoms. The number of carbonyl (C=O) groups excluding carboxylic acids is 4. The van der Waals surface area contributed by atoms with Gasteiger partial charge in [-0.3, -0.25) is 19.2 Å². The first-order chi connectivity index (χ1) is 22.2. The zero-order valence-electron chi connectivity index (χ0n) is 26.0. The van der Waals surface area contributed by atoms with E-state index in [0.29, 0.717) is 33.0 Å². The van der Waals surface area contributed by atoms with Crippen molar-refractivity contribution >= 4 is 66.7 Å². The maximum absolute atomic E-state index is 14.1. The summed E-state index contributed by atoms with van der Waals surface area (Å²) in [5, 5.41) is 6.58. The van der Waals surface area contributed by atoms with Crippen molar-refractivity contribution in [1.29, 1.82) is 0 Å². The Labute approximate surface area is 265 Å². The van der Waals surface area contributed by atoms with Crippen LogP contribution in [0.2, 0.25) is 0 Å². The molecular weight excluding hydrogens is 572 g/mol. The molecule has 224 valence electrons. The molecule has 0 N–H and O–H groups in total. The lowest BCUT2D eigenvalue weighted by molar-refractivity contribution is 0.0629. The third kappa shape index (κ3) is 3.21. The van der Waals surface area contributed by atoms with E-state index in [-0.39, 0.29) is 35.5 Å². The van der Waals surface area contributed by atoms with Gasteiger partial charge in [0.2, 0.25) is 0 Å². The molecule has 5 aromatic rings. The summed E-state index contributed by atoms with van der Waals surface area (Å²) >= 11 is 0. The highest BCUT2D eigenvalue weighted by molar-refractivity contribution is 6.41. The van der Waals surface area contributed by atoms with E-state index < -0.39 is 0 Å². The number of rotatable bonds is 2. The van der Waals surface area contributed by atoms with Crippen LogP contribution in [0.3, 0.4) is 0 Å². The largest absolute Gasteiger partial charge is 0.268 e. The molecule has 6 heteroatoms. The summed E-state index contributed by atoms with van der Waals surface area (Å²) in [6.07, 6.45) is 9.68. The summed E-state index contributed by atoms with van der Waals surface area (Å²) in [7, 11) is 0. The van der Waals surface area contributed by atoms with Crippen molar-refractivity contribution in [1.82, 2.24) is 9.80 Å². The molecule has 2 heterocycles. The maximum Gasteiger partial charge on any atom is 0.265 e. The molecule has 6 nitrogen and oxygen atoms in total. The minimum atomic E-state index is -0.304. The van der Waals surface area contributed by atoms with Crippen molar-refractivity contribution in [3.63, 3.8) is 0 Å². The standard InChI is InChI=1S/C40H30N2O4/c1-19-7-5-8-20(2)35(19)41-37(43)27-15-11-23-25-13-17-29-34-30(40(46)42(39(29)45)36-21(3)9-6-10-22(36)4)18-14-26(32(25)34)24-12-16-28(38(41)44)33(27)31(23)24/h5-7,9,11-18,20,22H,8,10H2,1-4H3/t20-,22+. The Morgan fingerprint density at radius 1 is 0.478 bits per heavy atom. The Morgan fingerprint density at radius 2 is 0.783 bits per heavy atom. The molecule has 4 aliphatic rings. The molecule has 5 aromatic carbocycles.